The monoisotopic (exact) mass is 316 g/mol. The van der Waals surface area contributed by atoms with Crippen molar-refractivity contribution < 1.29 is 9.32 Å². The van der Waals surface area contributed by atoms with Gasteiger partial charge in [-0.25, -0.2) is 0 Å². The first-order valence-corrected chi connectivity index (χ1v) is 7.35. The maximum atomic E-state index is 11.8. The molecule has 0 spiro atoms. The van der Waals surface area contributed by atoms with Crippen LogP contribution in [0.25, 0.3) is 11.4 Å². The van der Waals surface area contributed by atoms with Crippen molar-refractivity contribution in [2.24, 2.45) is 0 Å². The number of nitrogens with zero attached hydrogens (tertiary/aromatic N) is 5. The van der Waals surface area contributed by atoms with E-state index >= 15 is 0 Å². The average molecular weight is 316 g/mol. The number of carbonyl (C=O) groups excluding carboxylic acids is 1. The quantitative estimate of drug-likeness (QED) is 0.765. The van der Waals surface area contributed by atoms with Crippen LogP contribution in [-0.2, 0) is 11.2 Å². The van der Waals surface area contributed by atoms with Crippen LogP contribution in [0.2, 0.25) is 0 Å². The predicted octanol–water partition coefficient (Wildman–Crippen LogP) is 1.86. The highest BCUT2D eigenvalue weighted by molar-refractivity contribution is 7.15. The van der Waals surface area contributed by atoms with Crippen molar-refractivity contribution in [2.45, 2.75) is 19.8 Å². The number of aromatic nitrogens is 5. The van der Waals surface area contributed by atoms with Gasteiger partial charge in [-0.3, -0.25) is 9.78 Å². The van der Waals surface area contributed by atoms with Crippen LogP contribution in [0, 0.1) is 6.92 Å². The zero-order chi connectivity index (χ0) is 15.4. The third-order valence-corrected chi connectivity index (χ3v) is 3.50. The van der Waals surface area contributed by atoms with E-state index in [-0.39, 0.29) is 12.3 Å². The minimum Gasteiger partial charge on any atom is -0.339 e. The first kappa shape index (κ1) is 14.3. The van der Waals surface area contributed by atoms with E-state index in [1.54, 1.807) is 24.5 Å². The maximum Gasteiger partial charge on any atom is 0.227 e. The molecule has 0 saturated carbocycles. The molecule has 0 fully saturated rings. The largest absolute Gasteiger partial charge is 0.339 e. The molecule has 0 radical (unpaired) electrons. The topological polar surface area (TPSA) is 107 Å². The molecule has 0 bridgehead atoms. The van der Waals surface area contributed by atoms with E-state index in [9.17, 15) is 4.79 Å². The van der Waals surface area contributed by atoms with Crippen molar-refractivity contribution in [1.82, 2.24) is 25.3 Å². The van der Waals surface area contributed by atoms with E-state index in [0.717, 1.165) is 10.6 Å². The fraction of sp³-hybridized carbons (Fsp3) is 0.231. The van der Waals surface area contributed by atoms with Crippen molar-refractivity contribution in [3.63, 3.8) is 0 Å². The number of rotatable bonds is 5. The Morgan fingerprint density at radius 2 is 2.14 bits per heavy atom. The Labute approximate surface area is 129 Å². The van der Waals surface area contributed by atoms with Crippen LogP contribution in [0.5, 0.6) is 0 Å². The minimum atomic E-state index is -0.167. The summed E-state index contributed by atoms with van der Waals surface area (Å²) in [5, 5.41) is 15.5. The van der Waals surface area contributed by atoms with Crippen molar-refractivity contribution in [3.8, 4) is 11.4 Å². The highest BCUT2D eigenvalue weighted by Gasteiger charge is 2.11. The minimum absolute atomic E-state index is 0.167. The molecule has 3 rings (SSSR count). The Bertz CT molecular complexity index is 770. The lowest BCUT2D eigenvalue weighted by atomic mass is 10.2. The van der Waals surface area contributed by atoms with Gasteiger partial charge < -0.3 is 9.84 Å². The number of hydrogen-bond acceptors (Lipinski definition) is 8. The molecule has 3 aromatic rings. The molecule has 3 heterocycles. The van der Waals surface area contributed by atoms with E-state index < -0.39 is 0 Å². The molecule has 0 atom stereocenters. The Kier molecular flexibility index (Phi) is 4.15. The van der Waals surface area contributed by atoms with Crippen molar-refractivity contribution in [2.75, 3.05) is 5.32 Å². The van der Waals surface area contributed by atoms with Gasteiger partial charge in [0.1, 0.15) is 5.01 Å². The summed E-state index contributed by atoms with van der Waals surface area (Å²) in [6, 6.07) is 3.58. The highest BCUT2D eigenvalue weighted by atomic mass is 32.1. The van der Waals surface area contributed by atoms with Crippen molar-refractivity contribution in [1.29, 1.82) is 0 Å². The van der Waals surface area contributed by atoms with Crippen LogP contribution in [0.3, 0.4) is 0 Å². The molecule has 9 heteroatoms. The third kappa shape index (κ3) is 3.50. The Morgan fingerprint density at radius 3 is 2.86 bits per heavy atom. The number of hydrogen-bond donors (Lipinski definition) is 1. The Balaban J connectivity index is 1.56. The van der Waals surface area contributed by atoms with Crippen molar-refractivity contribution >= 4 is 22.4 Å². The number of aryl methyl sites for hydroxylation is 2. The second-order valence-corrected chi connectivity index (χ2v) is 5.60. The smallest absolute Gasteiger partial charge is 0.227 e. The second kappa shape index (κ2) is 6.39. The summed E-state index contributed by atoms with van der Waals surface area (Å²) >= 11 is 1.33. The van der Waals surface area contributed by atoms with E-state index in [4.69, 9.17) is 4.52 Å². The highest BCUT2D eigenvalue weighted by Crippen LogP contribution is 2.16. The SMILES string of the molecule is Cc1nnc(NC(=O)CCc2nc(-c3ccncc3)no2)s1. The molecule has 0 aliphatic carbocycles. The summed E-state index contributed by atoms with van der Waals surface area (Å²) in [5.74, 6) is 0.729. The van der Waals surface area contributed by atoms with Crippen LogP contribution in [0.4, 0.5) is 5.13 Å². The third-order valence-electron chi connectivity index (χ3n) is 2.74. The lowest BCUT2D eigenvalue weighted by Crippen LogP contribution is -2.12. The molecular weight excluding hydrogens is 304 g/mol. The first-order chi connectivity index (χ1) is 10.7. The Morgan fingerprint density at radius 1 is 1.32 bits per heavy atom. The first-order valence-electron chi connectivity index (χ1n) is 6.53. The fourth-order valence-electron chi connectivity index (χ4n) is 1.72. The number of anilines is 1. The lowest BCUT2D eigenvalue weighted by Gasteiger charge is -1.97. The van der Waals surface area contributed by atoms with E-state index in [2.05, 4.69) is 30.6 Å². The van der Waals surface area contributed by atoms with Gasteiger partial charge in [-0.2, -0.15) is 4.98 Å². The zero-order valence-electron chi connectivity index (χ0n) is 11.7. The van der Waals surface area contributed by atoms with E-state index in [0.29, 0.717) is 23.3 Å². The number of amides is 1. The molecule has 0 unspecified atom stereocenters. The van der Waals surface area contributed by atoms with Gasteiger partial charge >= 0.3 is 0 Å². The predicted molar refractivity (Wildman–Crippen MR) is 79.1 cm³/mol. The van der Waals surface area contributed by atoms with Gasteiger partial charge in [-0.15, -0.1) is 10.2 Å². The standard InChI is InChI=1S/C13H12N6O2S/c1-8-17-18-13(22-8)15-10(20)2-3-11-16-12(19-21-11)9-4-6-14-7-5-9/h4-7H,2-3H2,1H3,(H,15,18,20). The molecule has 8 nitrogen and oxygen atoms in total. The van der Waals surface area contributed by atoms with Gasteiger partial charge in [0.05, 0.1) is 0 Å². The van der Waals surface area contributed by atoms with Crippen LogP contribution >= 0.6 is 11.3 Å². The van der Waals surface area contributed by atoms with Crippen LogP contribution in [0.1, 0.15) is 17.3 Å². The molecule has 22 heavy (non-hydrogen) atoms. The van der Waals surface area contributed by atoms with Gasteiger partial charge in [-0.05, 0) is 19.1 Å². The second-order valence-electron chi connectivity index (χ2n) is 4.42. The van der Waals surface area contributed by atoms with Crippen LogP contribution < -0.4 is 5.32 Å². The normalized spacial score (nSPS) is 10.6. The molecule has 1 N–H and O–H groups in total. The molecule has 3 aromatic heterocycles. The summed E-state index contributed by atoms with van der Waals surface area (Å²) in [6.07, 6.45) is 3.91. The van der Waals surface area contributed by atoms with E-state index in [1.807, 2.05) is 6.92 Å². The number of pyridine rings is 1. The van der Waals surface area contributed by atoms with Gasteiger partial charge in [-0.1, -0.05) is 16.5 Å². The van der Waals surface area contributed by atoms with Gasteiger partial charge in [0.25, 0.3) is 0 Å². The van der Waals surface area contributed by atoms with Gasteiger partial charge in [0.2, 0.25) is 22.8 Å². The lowest BCUT2D eigenvalue weighted by molar-refractivity contribution is -0.116. The van der Waals surface area contributed by atoms with Crippen LogP contribution in [-0.4, -0.2) is 31.2 Å². The number of nitrogens with one attached hydrogen (secondary N) is 1. The van der Waals surface area contributed by atoms with Crippen LogP contribution in [0.15, 0.2) is 29.0 Å². The molecule has 0 aliphatic heterocycles. The molecule has 0 aliphatic rings. The summed E-state index contributed by atoms with van der Waals surface area (Å²) < 4.78 is 5.14. The molecular formula is C13H12N6O2S. The molecule has 0 saturated heterocycles. The summed E-state index contributed by atoms with van der Waals surface area (Å²) in [6.45, 7) is 1.83. The number of carbonyl (C=O) groups is 1. The summed E-state index contributed by atoms with van der Waals surface area (Å²) in [7, 11) is 0. The van der Waals surface area contributed by atoms with Crippen molar-refractivity contribution in [3.05, 3.63) is 35.4 Å². The molecule has 112 valence electrons. The van der Waals surface area contributed by atoms with Gasteiger partial charge in [0.15, 0.2) is 0 Å². The maximum absolute atomic E-state index is 11.8. The average Bonchev–Trinajstić information content (AvgIpc) is 3.15. The zero-order valence-corrected chi connectivity index (χ0v) is 12.5. The van der Waals surface area contributed by atoms with E-state index in [1.165, 1.54) is 11.3 Å². The Hall–Kier alpha value is -2.68. The molecule has 0 aromatic carbocycles. The molecule has 1 amide bonds. The van der Waals surface area contributed by atoms with Gasteiger partial charge in [0, 0.05) is 30.8 Å². The summed E-state index contributed by atoms with van der Waals surface area (Å²) in [5.41, 5.74) is 0.818. The fourth-order valence-corrected chi connectivity index (χ4v) is 2.33. The summed E-state index contributed by atoms with van der Waals surface area (Å²) in [4.78, 5) is 20.0.